The van der Waals surface area contributed by atoms with Gasteiger partial charge >= 0.3 is 0 Å². The number of aryl methyl sites for hydroxylation is 1. The van der Waals surface area contributed by atoms with Gasteiger partial charge in [-0.3, -0.25) is 14.9 Å². The van der Waals surface area contributed by atoms with Crippen molar-refractivity contribution in [2.75, 3.05) is 6.54 Å². The zero-order valence-electron chi connectivity index (χ0n) is 19.6. The van der Waals surface area contributed by atoms with Gasteiger partial charge in [0.05, 0.1) is 22.8 Å². The predicted molar refractivity (Wildman–Crippen MR) is 134 cm³/mol. The van der Waals surface area contributed by atoms with Gasteiger partial charge in [0.25, 0.3) is 11.8 Å². The molecule has 36 heavy (non-hydrogen) atoms. The zero-order valence-corrected chi connectivity index (χ0v) is 19.6. The monoisotopic (exact) mass is 486 g/mol. The van der Waals surface area contributed by atoms with Crippen molar-refractivity contribution in [1.82, 2.24) is 14.5 Å². The molecule has 4 heterocycles. The molecule has 2 aromatic heterocycles. The molecule has 9 nitrogen and oxygen atoms in total. The lowest BCUT2D eigenvalue weighted by Gasteiger charge is -2.37. The number of ether oxygens (including phenoxy) is 1. The minimum absolute atomic E-state index is 0.0497. The Morgan fingerprint density at radius 2 is 1.53 bits per heavy atom. The first-order chi connectivity index (χ1) is 17.4. The maximum atomic E-state index is 13.2. The Balaban J connectivity index is 1.57. The van der Waals surface area contributed by atoms with E-state index in [1.165, 1.54) is 0 Å². The second-order valence-electron chi connectivity index (χ2n) is 9.33. The number of para-hydroxylation sites is 2. The van der Waals surface area contributed by atoms with E-state index in [4.69, 9.17) is 10.5 Å². The van der Waals surface area contributed by atoms with Crippen LogP contribution in [0.2, 0.25) is 0 Å². The summed E-state index contributed by atoms with van der Waals surface area (Å²) in [5, 5.41) is 24.8. The minimum Gasteiger partial charge on any atom is -0.390 e. The molecular weight excluding hydrogens is 460 g/mol. The van der Waals surface area contributed by atoms with Gasteiger partial charge in [0.2, 0.25) is 0 Å². The van der Waals surface area contributed by atoms with Crippen LogP contribution in [0, 0.1) is 0 Å². The molecule has 1 fully saturated rings. The molecule has 2 aliphatic heterocycles. The number of nitrogens with zero attached hydrogens (tertiary/aromatic N) is 2. The third-order valence-electron chi connectivity index (χ3n) is 7.20. The highest BCUT2D eigenvalue weighted by molar-refractivity contribution is 6.50. The van der Waals surface area contributed by atoms with Gasteiger partial charge in [-0.05, 0) is 12.1 Å². The number of hydrogen-bond donors (Lipinski definition) is 4. The normalized spacial score (nSPS) is 24.8. The SMILES string of the molecule is Cn1cc(C2=C(c3cn([C@H]4C[C@@H](O)[C@@H](O)[C@@H](CN)O4)c4ccccc34)C(=O)NC2=O)c2ccccc21. The fourth-order valence-electron chi connectivity index (χ4n) is 5.46. The summed E-state index contributed by atoms with van der Waals surface area (Å²) in [7, 11) is 1.90. The molecule has 2 amide bonds. The van der Waals surface area contributed by atoms with Crippen LogP contribution in [0.25, 0.3) is 33.0 Å². The number of aliphatic hydroxyl groups is 2. The number of amides is 2. The van der Waals surface area contributed by atoms with Crippen molar-refractivity contribution in [2.45, 2.75) is 31.0 Å². The Labute approximate surface area is 206 Å². The third-order valence-corrected chi connectivity index (χ3v) is 7.20. The van der Waals surface area contributed by atoms with Crippen molar-refractivity contribution >= 4 is 44.8 Å². The first-order valence-electron chi connectivity index (χ1n) is 11.8. The lowest BCUT2D eigenvalue weighted by molar-refractivity contribution is -0.186. The van der Waals surface area contributed by atoms with Crippen LogP contribution in [0.4, 0.5) is 0 Å². The Hall–Kier alpha value is -3.76. The van der Waals surface area contributed by atoms with Gasteiger partial charge in [0.1, 0.15) is 18.4 Å². The topological polar surface area (TPSA) is 132 Å². The van der Waals surface area contributed by atoms with Crippen molar-refractivity contribution in [3.63, 3.8) is 0 Å². The molecule has 6 rings (SSSR count). The summed E-state index contributed by atoms with van der Waals surface area (Å²) in [6.07, 6.45) is 0.366. The number of aromatic nitrogens is 2. The lowest BCUT2D eigenvalue weighted by atomic mass is 9.95. The largest absolute Gasteiger partial charge is 0.390 e. The average Bonchev–Trinajstić information content (AvgIpc) is 3.51. The fraction of sp³-hybridized carbons (Fsp3) is 0.259. The summed E-state index contributed by atoms with van der Waals surface area (Å²) in [5.41, 5.74) is 9.37. The highest BCUT2D eigenvalue weighted by atomic mass is 16.5. The van der Waals surface area contributed by atoms with Crippen molar-refractivity contribution < 1.29 is 24.5 Å². The van der Waals surface area contributed by atoms with Gasteiger partial charge in [-0.1, -0.05) is 36.4 Å². The number of fused-ring (bicyclic) bond motifs is 2. The van der Waals surface area contributed by atoms with E-state index in [1.807, 2.05) is 70.9 Å². The van der Waals surface area contributed by atoms with E-state index in [0.717, 1.165) is 21.8 Å². The van der Waals surface area contributed by atoms with Gasteiger partial charge < -0.3 is 29.8 Å². The molecule has 4 atom stereocenters. The van der Waals surface area contributed by atoms with Crippen molar-refractivity contribution in [2.24, 2.45) is 12.8 Å². The summed E-state index contributed by atoms with van der Waals surface area (Å²) in [5.74, 6) is -0.912. The van der Waals surface area contributed by atoms with E-state index in [9.17, 15) is 19.8 Å². The molecule has 9 heteroatoms. The summed E-state index contributed by atoms with van der Waals surface area (Å²) in [6, 6.07) is 15.3. The first kappa shape index (κ1) is 22.7. The zero-order chi connectivity index (χ0) is 25.1. The minimum atomic E-state index is -1.08. The van der Waals surface area contributed by atoms with Crippen molar-refractivity contribution in [1.29, 1.82) is 0 Å². The number of hydrogen-bond acceptors (Lipinski definition) is 6. The Morgan fingerprint density at radius 3 is 2.19 bits per heavy atom. The standard InChI is InChI=1S/C27H26N4O5/c1-30-12-16(14-6-2-4-8-18(14)30)23-24(27(35)29-26(23)34)17-13-31(19-9-5-3-7-15(17)19)22-10-20(32)25(33)21(11-28)36-22/h2-9,12-13,20-22,25,32-33H,10-11,28H2,1H3,(H,29,34,35)/t20-,21-,22-,25-/m1/s1. The number of aliphatic hydroxyl groups excluding tert-OH is 2. The van der Waals surface area contributed by atoms with Gasteiger partial charge in [0.15, 0.2) is 0 Å². The summed E-state index contributed by atoms with van der Waals surface area (Å²) < 4.78 is 9.82. The second kappa shape index (κ2) is 8.42. The Morgan fingerprint density at radius 1 is 0.944 bits per heavy atom. The smallest absolute Gasteiger partial charge is 0.259 e. The average molecular weight is 487 g/mol. The van der Waals surface area contributed by atoms with Crippen molar-refractivity contribution in [3.8, 4) is 0 Å². The Kier molecular flexibility index (Phi) is 5.31. The van der Waals surface area contributed by atoms with E-state index in [1.54, 1.807) is 6.20 Å². The van der Waals surface area contributed by atoms with Gasteiger partial charge in [-0.2, -0.15) is 0 Å². The number of carbonyl (C=O) groups excluding carboxylic acids is 2. The number of rotatable bonds is 4. The summed E-state index contributed by atoms with van der Waals surface area (Å²) >= 11 is 0. The van der Waals surface area contributed by atoms with Crippen LogP contribution in [0.1, 0.15) is 23.8 Å². The number of benzene rings is 2. The maximum Gasteiger partial charge on any atom is 0.259 e. The first-order valence-corrected chi connectivity index (χ1v) is 11.8. The molecule has 2 aromatic carbocycles. The highest BCUT2D eigenvalue weighted by Crippen LogP contribution is 2.40. The van der Waals surface area contributed by atoms with E-state index < -0.39 is 36.4 Å². The third kappa shape index (κ3) is 3.32. The van der Waals surface area contributed by atoms with Gasteiger partial charge in [0, 0.05) is 59.8 Å². The quantitative estimate of drug-likeness (QED) is 0.325. The molecule has 1 saturated heterocycles. The van der Waals surface area contributed by atoms with Crippen LogP contribution in [-0.4, -0.2) is 56.0 Å². The number of carbonyl (C=O) groups is 2. The molecule has 0 spiro atoms. The molecule has 184 valence electrons. The van der Waals surface area contributed by atoms with Gasteiger partial charge in [-0.15, -0.1) is 0 Å². The summed E-state index contributed by atoms with van der Waals surface area (Å²) in [4.78, 5) is 26.3. The molecule has 5 N–H and O–H groups in total. The second-order valence-corrected chi connectivity index (χ2v) is 9.33. The highest BCUT2D eigenvalue weighted by Gasteiger charge is 2.39. The van der Waals surface area contributed by atoms with E-state index in [0.29, 0.717) is 16.7 Å². The molecule has 0 unspecified atom stereocenters. The molecule has 2 aliphatic rings. The van der Waals surface area contributed by atoms with Crippen LogP contribution >= 0.6 is 0 Å². The molecule has 4 aromatic rings. The summed E-state index contributed by atoms with van der Waals surface area (Å²) in [6.45, 7) is 0.0497. The fourth-order valence-corrected chi connectivity index (χ4v) is 5.46. The lowest BCUT2D eigenvalue weighted by Crippen LogP contribution is -2.49. The van der Waals surface area contributed by atoms with Crippen LogP contribution in [0.15, 0.2) is 60.9 Å². The number of nitrogens with two attached hydrogens (primary N) is 1. The van der Waals surface area contributed by atoms with Crippen LogP contribution in [0.3, 0.4) is 0 Å². The number of imide groups is 1. The van der Waals surface area contributed by atoms with Gasteiger partial charge in [-0.25, -0.2) is 0 Å². The molecular formula is C27H26N4O5. The van der Waals surface area contributed by atoms with E-state index >= 15 is 0 Å². The number of nitrogens with one attached hydrogen (secondary N) is 1. The van der Waals surface area contributed by atoms with E-state index in [-0.39, 0.29) is 18.5 Å². The van der Waals surface area contributed by atoms with Crippen LogP contribution < -0.4 is 11.1 Å². The van der Waals surface area contributed by atoms with Crippen LogP contribution in [-0.2, 0) is 21.4 Å². The molecule has 0 bridgehead atoms. The Bertz CT molecular complexity index is 1560. The molecule has 0 aliphatic carbocycles. The maximum absolute atomic E-state index is 13.2. The van der Waals surface area contributed by atoms with Crippen LogP contribution in [0.5, 0.6) is 0 Å². The molecule has 0 saturated carbocycles. The predicted octanol–water partition coefficient (Wildman–Crippen LogP) is 1.67. The van der Waals surface area contributed by atoms with E-state index in [2.05, 4.69) is 5.32 Å². The molecule has 0 radical (unpaired) electrons. The van der Waals surface area contributed by atoms with Crippen molar-refractivity contribution in [3.05, 3.63) is 72.1 Å².